The molecule has 0 radical (unpaired) electrons. The summed E-state index contributed by atoms with van der Waals surface area (Å²) in [7, 11) is 1.55. The lowest BCUT2D eigenvalue weighted by Crippen LogP contribution is -2.34. The second kappa shape index (κ2) is 12.6. The molecule has 192 valence electrons. The lowest BCUT2D eigenvalue weighted by molar-refractivity contribution is -0.115. The van der Waals surface area contributed by atoms with Crippen molar-refractivity contribution < 1.29 is 14.3 Å². The molecule has 0 atom stereocenters. The fourth-order valence-electron chi connectivity index (χ4n) is 3.91. The van der Waals surface area contributed by atoms with Crippen LogP contribution in [0.25, 0.3) is 17.3 Å². The molecule has 7 nitrogen and oxygen atoms in total. The summed E-state index contributed by atoms with van der Waals surface area (Å²) in [6.45, 7) is 2.75. The van der Waals surface area contributed by atoms with Crippen molar-refractivity contribution in [3.8, 4) is 23.3 Å². The third kappa shape index (κ3) is 6.02. The standard InChI is InChI=1S/C30H27N3O4S/c1-3-37-25-15-14-22(18-26(25)36-2)19-27-29(35)33(23-12-8-5-9-13-23)30(38-27)24(20-31)28(34)32-17-16-21-10-6-4-7-11-21/h4-15,18-19H,3,16-17H2,1-2H3,(H,32,34)/b27-19+,30-24+. The van der Waals surface area contributed by atoms with Crippen molar-refractivity contribution in [3.63, 3.8) is 0 Å². The highest BCUT2D eigenvalue weighted by atomic mass is 32.1. The van der Waals surface area contributed by atoms with Crippen molar-refractivity contribution in [2.45, 2.75) is 13.3 Å². The summed E-state index contributed by atoms with van der Waals surface area (Å²) in [4.78, 5) is 26.7. The van der Waals surface area contributed by atoms with E-state index in [1.807, 2.05) is 55.5 Å². The predicted octanol–water partition coefficient (Wildman–Crippen LogP) is 3.17. The zero-order valence-corrected chi connectivity index (χ0v) is 22.0. The number of carbonyl (C=O) groups is 1. The van der Waals surface area contributed by atoms with E-state index in [4.69, 9.17) is 9.47 Å². The van der Waals surface area contributed by atoms with Crippen LogP contribution in [0.15, 0.2) is 83.7 Å². The lowest BCUT2D eigenvalue weighted by Gasteiger charge is -2.09. The van der Waals surface area contributed by atoms with E-state index in [1.165, 1.54) is 4.57 Å². The first kappa shape index (κ1) is 26.5. The molecule has 38 heavy (non-hydrogen) atoms. The molecule has 0 saturated heterocycles. The number of hydrogen-bond acceptors (Lipinski definition) is 6. The van der Waals surface area contributed by atoms with Crippen LogP contribution >= 0.6 is 11.3 Å². The molecule has 0 aliphatic carbocycles. The van der Waals surface area contributed by atoms with Gasteiger partial charge >= 0.3 is 0 Å². The zero-order valence-electron chi connectivity index (χ0n) is 21.1. The van der Waals surface area contributed by atoms with Crippen LogP contribution in [0.4, 0.5) is 0 Å². The van der Waals surface area contributed by atoms with Crippen LogP contribution in [0.1, 0.15) is 18.1 Å². The normalized spacial score (nSPS) is 12.0. The van der Waals surface area contributed by atoms with Crippen molar-refractivity contribution in [1.29, 1.82) is 5.26 Å². The zero-order chi connectivity index (χ0) is 26.9. The van der Waals surface area contributed by atoms with Gasteiger partial charge in [-0.25, -0.2) is 0 Å². The maximum atomic E-state index is 13.6. The van der Waals surface area contributed by atoms with Gasteiger partial charge in [0.25, 0.3) is 11.5 Å². The number of nitrogens with zero attached hydrogens (tertiary/aromatic N) is 2. The quantitative estimate of drug-likeness (QED) is 0.362. The monoisotopic (exact) mass is 525 g/mol. The van der Waals surface area contributed by atoms with Crippen LogP contribution in [0, 0.1) is 11.3 Å². The Hall–Kier alpha value is -4.61. The number of rotatable bonds is 9. The van der Waals surface area contributed by atoms with Crippen molar-refractivity contribution in [2.24, 2.45) is 0 Å². The molecule has 0 bridgehead atoms. The number of methoxy groups -OCH3 is 1. The number of carbonyl (C=O) groups excluding carboxylic acids is 1. The summed E-state index contributed by atoms with van der Waals surface area (Å²) >= 11 is 1.10. The summed E-state index contributed by atoms with van der Waals surface area (Å²) in [5, 5.41) is 12.8. The van der Waals surface area contributed by atoms with Crippen LogP contribution in [0.3, 0.4) is 0 Å². The molecular formula is C30H27N3O4S. The van der Waals surface area contributed by atoms with Gasteiger partial charge in [-0.2, -0.15) is 5.26 Å². The summed E-state index contributed by atoms with van der Waals surface area (Å²) in [6, 6.07) is 26.1. The lowest BCUT2D eigenvalue weighted by atomic mass is 10.1. The van der Waals surface area contributed by atoms with Gasteiger partial charge in [0.05, 0.1) is 23.9 Å². The van der Waals surface area contributed by atoms with E-state index in [0.29, 0.717) is 41.3 Å². The molecule has 4 aromatic rings. The molecule has 0 saturated carbocycles. The van der Waals surface area contributed by atoms with E-state index < -0.39 is 5.91 Å². The molecule has 0 fully saturated rings. The van der Waals surface area contributed by atoms with Gasteiger partial charge in [0, 0.05) is 6.54 Å². The Labute approximate surface area is 224 Å². The molecule has 8 heteroatoms. The van der Waals surface area contributed by atoms with E-state index in [-0.39, 0.29) is 15.8 Å². The molecule has 3 aromatic carbocycles. The Balaban J connectivity index is 1.80. The van der Waals surface area contributed by atoms with Gasteiger partial charge < -0.3 is 14.8 Å². The number of hydrogen-bond donors (Lipinski definition) is 1. The number of para-hydroxylation sites is 1. The van der Waals surface area contributed by atoms with Gasteiger partial charge in [0.15, 0.2) is 17.1 Å². The SMILES string of the molecule is CCOc1ccc(/C=c2/s/c(=C(\C#N)C(=O)NCCc3ccccc3)n(-c3ccccc3)c2=O)cc1OC. The average Bonchev–Trinajstić information content (AvgIpc) is 3.26. The van der Waals surface area contributed by atoms with E-state index in [2.05, 4.69) is 5.32 Å². The molecule has 0 aliphatic heterocycles. The number of nitriles is 1. The minimum Gasteiger partial charge on any atom is -0.493 e. The third-order valence-electron chi connectivity index (χ3n) is 5.72. The molecule has 1 heterocycles. The average molecular weight is 526 g/mol. The fraction of sp³-hybridized carbons (Fsp3) is 0.167. The summed E-state index contributed by atoms with van der Waals surface area (Å²) < 4.78 is 13.1. The largest absolute Gasteiger partial charge is 0.493 e. The van der Waals surface area contributed by atoms with E-state index in [1.54, 1.807) is 49.6 Å². The first-order valence-corrected chi connectivity index (χ1v) is 12.9. The molecule has 0 unspecified atom stereocenters. The molecule has 1 amide bonds. The van der Waals surface area contributed by atoms with Crippen LogP contribution < -0.4 is 29.5 Å². The van der Waals surface area contributed by atoms with Gasteiger partial charge in [-0.3, -0.25) is 14.2 Å². The van der Waals surface area contributed by atoms with Gasteiger partial charge in [-0.05, 0) is 54.8 Å². The summed E-state index contributed by atoms with van der Waals surface area (Å²) in [6.07, 6.45) is 2.34. The summed E-state index contributed by atoms with van der Waals surface area (Å²) in [5.74, 6) is 0.625. The molecule has 0 spiro atoms. The van der Waals surface area contributed by atoms with Gasteiger partial charge in [-0.15, -0.1) is 11.3 Å². The minimum absolute atomic E-state index is 0.118. The van der Waals surface area contributed by atoms with Crippen molar-refractivity contribution in [1.82, 2.24) is 9.88 Å². The van der Waals surface area contributed by atoms with Crippen LogP contribution in [0.5, 0.6) is 11.5 Å². The van der Waals surface area contributed by atoms with E-state index in [0.717, 1.165) is 22.5 Å². The van der Waals surface area contributed by atoms with E-state index in [9.17, 15) is 14.9 Å². The number of benzene rings is 3. The van der Waals surface area contributed by atoms with Crippen LogP contribution in [-0.4, -0.2) is 30.7 Å². The number of thiazole rings is 1. The molecule has 1 N–H and O–H groups in total. The van der Waals surface area contributed by atoms with Gasteiger partial charge in [0.1, 0.15) is 10.7 Å². The molecular weight excluding hydrogens is 498 g/mol. The summed E-state index contributed by atoms with van der Waals surface area (Å²) in [5.41, 5.74) is 1.92. The second-order valence-electron chi connectivity index (χ2n) is 8.21. The fourth-order valence-corrected chi connectivity index (χ4v) is 5.01. The molecule has 1 aromatic heterocycles. The van der Waals surface area contributed by atoms with E-state index >= 15 is 0 Å². The predicted molar refractivity (Wildman–Crippen MR) is 149 cm³/mol. The number of aromatic nitrogens is 1. The second-order valence-corrected chi connectivity index (χ2v) is 9.24. The Morgan fingerprint density at radius 1 is 1.05 bits per heavy atom. The topological polar surface area (TPSA) is 93.4 Å². The van der Waals surface area contributed by atoms with Crippen LogP contribution in [-0.2, 0) is 11.2 Å². The number of ether oxygens (including phenoxy) is 2. The van der Waals surface area contributed by atoms with Crippen molar-refractivity contribution >= 4 is 28.9 Å². The maximum absolute atomic E-state index is 13.6. The Kier molecular flexibility index (Phi) is 8.75. The van der Waals surface area contributed by atoms with Gasteiger partial charge in [0.2, 0.25) is 0 Å². The highest BCUT2D eigenvalue weighted by Gasteiger charge is 2.17. The van der Waals surface area contributed by atoms with Crippen molar-refractivity contribution in [2.75, 3.05) is 20.3 Å². The van der Waals surface area contributed by atoms with Crippen LogP contribution in [0.2, 0.25) is 0 Å². The van der Waals surface area contributed by atoms with Gasteiger partial charge in [-0.1, -0.05) is 54.6 Å². The molecule has 4 rings (SSSR count). The number of nitrogens with one attached hydrogen (secondary N) is 1. The Morgan fingerprint density at radius 3 is 2.42 bits per heavy atom. The minimum atomic E-state index is -0.524. The highest BCUT2D eigenvalue weighted by molar-refractivity contribution is 7.07. The number of amides is 1. The maximum Gasteiger partial charge on any atom is 0.273 e. The third-order valence-corrected chi connectivity index (χ3v) is 6.81. The highest BCUT2D eigenvalue weighted by Crippen LogP contribution is 2.28. The first-order valence-electron chi connectivity index (χ1n) is 12.1. The smallest absolute Gasteiger partial charge is 0.273 e. The van der Waals surface area contributed by atoms with Crippen molar-refractivity contribution in [3.05, 3.63) is 110 Å². The first-order chi connectivity index (χ1) is 18.5. The Bertz CT molecular complexity index is 1630. The Morgan fingerprint density at radius 2 is 1.76 bits per heavy atom. The molecule has 0 aliphatic rings.